The van der Waals surface area contributed by atoms with Gasteiger partial charge in [0, 0.05) is 6.54 Å². The standard InChI is InChI=1S/C14H19N/c1-3-11-7-8-12-5-4-6-13(10-15-2)14(12)9-11/h3,7-9,13,15H,1,4-6,10H2,2H3. The second kappa shape index (κ2) is 4.63. The van der Waals surface area contributed by atoms with Crippen molar-refractivity contribution in [3.63, 3.8) is 0 Å². The van der Waals surface area contributed by atoms with Gasteiger partial charge in [-0.05, 0) is 48.9 Å². The number of hydrogen-bond donors (Lipinski definition) is 1. The number of benzene rings is 1. The minimum absolute atomic E-state index is 0.693. The monoisotopic (exact) mass is 201 g/mol. The van der Waals surface area contributed by atoms with Gasteiger partial charge < -0.3 is 5.32 Å². The van der Waals surface area contributed by atoms with Gasteiger partial charge in [-0.3, -0.25) is 0 Å². The molecule has 1 aliphatic rings. The largest absolute Gasteiger partial charge is 0.319 e. The molecule has 0 radical (unpaired) electrons. The molecule has 1 atom stereocenters. The van der Waals surface area contributed by atoms with E-state index in [2.05, 4.69) is 30.1 Å². The highest BCUT2D eigenvalue weighted by Gasteiger charge is 2.19. The predicted octanol–water partition coefficient (Wildman–Crippen LogP) is 2.97. The molecule has 0 heterocycles. The van der Waals surface area contributed by atoms with Crippen LogP contribution >= 0.6 is 0 Å². The maximum Gasteiger partial charge on any atom is 0.00172 e. The summed E-state index contributed by atoms with van der Waals surface area (Å²) in [6, 6.07) is 6.76. The van der Waals surface area contributed by atoms with E-state index < -0.39 is 0 Å². The molecule has 1 aromatic carbocycles. The maximum absolute atomic E-state index is 3.84. The first-order valence-corrected chi connectivity index (χ1v) is 5.75. The van der Waals surface area contributed by atoms with Gasteiger partial charge in [0.25, 0.3) is 0 Å². The van der Waals surface area contributed by atoms with Crippen molar-refractivity contribution in [2.75, 3.05) is 13.6 Å². The molecule has 80 valence electrons. The fourth-order valence-corrected chi connectivity index (χ4v) is 2.50. The molecular weight excluding hydrogens is 182 g/mol. The molecule has 0 aromatic heterocycles. The molecule has 1 nitrogen and oxygen atoms in total. The SMILES string of the molecule is C=Cc1ccc2c(c1)C(CNC)CCC2. The van der Waals surface area contributed by atoms with Gasteiger partial charge in [0.2, 0.25) is 0 Å². The van der Waals surface area contributed by atoms with Crippen LogP contribution in [0.15, 0.2) is 24.8 Å². The van der Waals surface area contributed by atoms with Gasteiger partial charge in [-0.25, -0.2) is 0 Å². The third kappa shape index (κ3) is 2.13. The molecule has 0 fully saturated rings. The quantitative estimate of drug-likeness (QED) is 0.792. The molecule has 1 aromatic rings. The Morgan fingerprint density at radius 3 is 3.13 bits per heavy atom. The molecule has 0 saturated heterocycles. The van der Waals surface area contributed by atoms with Crippen molar-refractivity contribution in [3.8, 4) is 0 Å². The topological polar surface area (TPSA) is 12.0 Å². The second-order valence-electron chi connectivity index (χ2n) is 4.31. The van der Waals surface area contributed by atoms with Crippen LogP contribution < -0.4 is 5.32 Å². The lowest BCUT2D eigenvalue weighted by atomic mass is 9.82. The van der Waals surface area contributed by atoms with Crippen molar-refractivity contribution in [2.24, 2.45) is 0 Å². The van der Waals surface area contributed by atoms with Crippen LogP contribution in [-0.2, 0) is 6.42 Å². The van der Waals surface area contributed by atoms with Crippen molar-refractivity contribution in [1.29, 1.82) is 0 Å². The lowest BCUT2D eigenvalue weighted by Crippen LogP contribution is -2.21. The van der Waals surface area contributed by atoms with Gasteiger partial charge in [0.15, 0.2) is 0 Å². The van der Waals surface area contributed by atoms with Gasteiger partial charge in [-0.15, -0.1) is 0 Å². The van der Waals surface area contributed by atoms with Crippen molar-refractivity contribution in [1.82, 2.24) is 5.32 Å². The average Bonchev–Trinajstić information content (AvgIpc) is 2.29. The Bertz CT molecular complexity index is 354. The summed E-state index contributed by atoms with van der Waals surface area (Å²) in [7, 11) is 2.03. The Balaban J connectivity index is 2.34. The van der Waals surface area contributed by atoms with Gasteiger partial charge in [0.1, 0.15) is 0 Å². The molecule has 1 aliphatic carbocycles. The molecule has 0 amide bonds. The summed E-state index contributed by atoms with van der Waals surface area (Å²) in [5.74, 6) is 0.693. The van der Waals surface area contributed by atoms with Gasteiger partial charge in [0.05, 0.1) is 0 Å². The Kier molecular flexibility index (Phi) is 3.22. The van der Waals surface area contributed by atoms with E-state index in [-0.39, 0.29) is 0 Å². The summed E-state index contributed by atoms with van der Waals surface area (Å²) < 4.78 is 0. The normalized spacial score (nSPS) is 19.7. The van der Waals surface area contributed by atoms with Crippen LogP contribution in [0.3, 0.4) is 0 Å². The lowest BCUT2D eigenvalue weighted by molar-refractivity contribution is 0.529. The predicted molar refractivity (Wildman–Crippen MR) is 66.1 cm³/mol. The van der Waals surface area contributed by atoms with Crippen LogP contribution in [0.2, 0.25) is 0 Å². The minimum atomic E-state index is 0.693. The summed E-state index contributed by atoms with van der Waals surface area (Å²) in [4.78, 5) is 0. The number of rotatable bonds is 3. The molecule has 1 unspecified atom stereocenters. The summed E-state index contributed by atoms with van der Waals surface area (Å²) in [6.45, 7) is 4.93. The number of fused-ring (bicyclic) bond motifs is 1. The number of likely N-dealkylation sites (N-methyl/N-ethyl adjacent to an activating group) is 1. The fourth-order valence-electron chi connectivity index (χ4n) is 2.50. The number of hydrogen-bond acceptors (Lipinski definition) is 1. The first-order chi connectivity index (χ1) is 7.35. The molecule has 0 spiro atoms. The van der Waals surface area contributed by atoms with E-state index in [1.807, 2.05) is 13.1 Å². The van der Waals surface area contributed by atoms with E-state index in [9.17, 15) is 0 Å². The van der Waals surface area contributed by atoms with Crippen molar-refractivity contribution in [2.45, 2.75) is 25.2 Å². The minimum Gasteiger partial charge on any atom is -0.319 e. The molecule has 0 saturated carbocycles. The molecule has 0 bridgehead atoms. The molecule has 1 N–H and O–H groups in total. The number of aryl methyl sites for hydroxylation is 1. The Labute approximate surface area is 92.2 Å². The van der Waals surface area contributed by atoms with Crippen molar-refractivity contribution in [3.05, 3.63) is 41.5 Å². The molecule has 1 heteroatoms. The van der Waals surface area contributed by atoms with Crippen LogP contribution in [0.5, 0.6) is 0 Å². The van der Waals surface area contributed by atoms with Crippen LogP contribution in [0.25, 0.3) is 6.08 Å². The second-order valence-corrected chi connectivity index (χ2v) is 4.31. The molecule has 2 rings (SSSR count). The van der Waals surface area contributed by atoms with Crippen LogP contribution in [0.1, 0.15) is 35.4 Å². The summed E-state index contributed by atoms with van der Waals surface area (Å²) in [5, 5.41) is 3.29. The van der Waals surface area contributed by atoms with E-state index >= 15 is 0 Å². The zero-order chi connectivity index (χ0) is 10.7. The van der Waals surface area contributed by atoms with Gasteiger partial charge in [-0.1, -0.05) is 30.9 Å². The van der Waals surface area contributed by atoms with E-state index in [1.54, 1.807) is 0 Å². The summed E-state index contributed by atoms with van der Waals surface area (Å²) >= 11 is 0. The van der Waals surface area contributed by atoms with E-state index in [0.717, 1.165) is 6.54 Å². The fraction of sp³-hybridized carbons (Fsp3) is 0.429. The van der Waals surface area contributed by atoms with Gasteiger partial charge >= 0.3 is 0 Å². The first-order valence-electron chi connectivity index (χ1n) is 5.75. The third-order valence-corrected chi connectivity index (χ3v) is 3.29. The van der Waals surface area contributed by atoms with Crippen LogP contribution in [-0.4, -0.2) is 13.6 Å². The smallest absolute Gasteiger partial charge is 0.00172 e. The zero-order valence-electron chi connectivity index (χ0n) is 9.42. The van der Waals surface area contributed by atoms with Gasteiger partial charge in [-0.2, -0.15) is 0 Å². The molecular formula is C14H19N. The third-order valence-electron chi connectivity index (χ3n) is 3.29. The lowest BCUT2D eigenvalue weighted by Gasteiger charge is -2.25. The van der Waals surface area contributed by atoms with E-state index in [1.165, 1.54) is 36.0 Å². The molecule has 15 heavy (non-hydrogen) atoms. The summed E-state index contributed by atoms with van der Waals surface area (Å²) in [6.07, 6.45) is 5.82. The zero-order valence-corrected chi connectivity index (χ0v) is 9.42. The van der Waals surface area contributed by atoms with Crippen LogP contribution in [0.4, 0.5) is 0 Å². The summed E-state index contributed by atoms with van der Waals surface area (Å²) in [5.41, 5.74) is 4.32. The number of nitrogens with one attached hydrogen (secondary N) is 1. The Morgan fingerprint density at radius 1 is 1.53 bits per heavy atom. The van der Waals surface area contributed by atoms with E-state index in [0.29, 0.717) is 5.92 Å². The van der Waals surface area contributed by atoms with E-state index in [4.69, 9.17) is 0 Å². The Hall–Kier alpha value is -1.08. The Morgan fingerprint density at radius 2 is 2.40 bits per heavy atom. The molecule has 0 aliphatic heterocycles. The highest BCUT2D eigenvalue weighted by molar-refractivity contribution is 5.51. The highest BCUT2D eigenvalue weighted by atomic mass is 14.8. The maximum atomic E-state index is 3.84. The first kappa shape index (κ1) is 10.4. The van der Waals surface area contributed by atoms with Crippen LogP contribution in [0, 0.1) is 0 Å². The van der Waals surface area contributed by atoms with Crippen molar-refractivity contribution < 1.29 is 0 Å². The van der Waals surface area contributed by atoms with Crippen molar-refractivity contribution >= 4 is 6.08 Å². The average molecular weight is 201 g/mol. The highest BCUT2D eigenvalue weighted by Crippen LogP contribution is 2.31.